The first-order valence-corrected chi connectivity index (χ1v) is 7.47. The number of carbonyl (C=O) groups excluding carboxylic acids is 1. The number of anilines is 1. The van der Waals surface area contributed by atoms with Gasteiger partial charge in [-0.15, -0.1) is 0 Å². The third-order valence-electron chi connectivity index (χ3n) is 3.48. The van der Waals surface area contributed by atoms with Crippen molar-refractivity contribution in [1.82, 2.24) is 4.98 Å². The van der Waals surface area contributed by atoms with Crippen molar-refractivity contribution < 1.29 is 18.3 Å². The minimum atomic E-state index is -0.395. The maximum absolute atomic E-state index is 13.2. The van der Waals surface area contributed by atoms with Crippen molar-refractivity contribution in [3.05, 3.63) is 53.7 Å². The van der Waals surface area contributed by atoms with Crippen LogP contribution in [-0.4, -0.2) is 17.5 Å². The van der Waals surface area contributed by atoms with Gasteiger partial charge < -0.3 is 14.5 Å². The second-order valence-corrected chi connectivity index (χ2v) is 5.62. The first-order chi connectivity index (χ1) is 11.6. The average molecular weight is 345 g/mol. The van der Waals surface area contributed by atoms with Gasteiger partial charge in [0.25, 0.3) is 5.91 Å². The fraction of sp³-hybridized carbons (Fsp3) is 0.0588. The summed E-state index contributed by atoms with van der Waals surface area (Å²) in [7, 11) is 0. The lowest BCUT2D eigenvalue weighted by molar-refractivity contribution is -0.118. The monoisotopic (exact) mass is 344 g/mol. The highest BCUT2D eigenvalue weighted by molar-refractivity contribution is 6.50. The van der Waals surface area contributed by atoms with Crippen molar-refractivity contribution in [2.75, 3.05) is 11.9 Å². The van der Waals surface area contributed by atoms with Crippen molar-refractivity contribution >= 4 is 45.4 Å². The first-order valence-electron chi connectivity index (χ1n) is 7.09. The number of amides is 1. The standard InChI is InChI=1S/C17H10ClFN2O3/c18-11(17-21-13-7-10(19)2-4-15(13)24-17)5-9-1-3-14-12(6-9)20-16(22)8-23-14/h1-7H,8H2,(H,20,22)/b11-5-. The first kappa shape index (κ1) is 14.7. The third-order valence-corrected chi connectivity index (χ3v) is 3.75. The Hall–Kier alpha value is -2.86. The van der Waals surface area contributed by atoms with Gasteiger partial charge in [0.05, 0.1) is 5.69 Å². The molecule has 0 saturated carbocycles. The Morgan fingerprint density at radius 3 is 3.04 bits per heavy atom. The summed E-state index contributed by atoms with van der Waals surface area (Å²) < 4.78 is 24.0. The molecular weight excluding hydrogens is 335 g/mol. The van der Waals surface area contributed by atoms with Gasteiger partial charge in [-0.25, -0.2) is 9.37 Å². The van der Waals surface area contributed by atoms with Crippen molar-refractivity contribution in [2.45, 2.75) is 0 Å². The molecule has 0 bridgehead atoms. The molecule has 120 valence electrons. The lowest BCUT2D eigenvalue weighted by atomic mass is 10.1. The predicted octanol–water partition coefficient (Wildman–Crippen LogP) is 4.03. The summed E-state index contributed by atoms with van der Waals surface area (Å²) >= 11 is 6.26. The largest absolute Gasteiger partial charge is 0.482 e. The molecule has 1 aliphatic heterocycles. The van der Waals surface area contributed by atoms with Crippen molar-refractivity contribution in [2.24, 2.45) is 0 Å². The van der Waals surface area contributed by atoms with Crippen LogP contribution in [0.3, 0.4) is 0 Å². The van der Waals surface area contributed by atoms with E-state index in [1.165, 1.54) is 18.2 Å². The second-order valence-electron chi connectivity index (χ2n) is 5.22. The molecule has 0 fully saturated rings. The molecule has 0 unspecified atom stereocenters. The van der Waals surface area contributed by atoms with E-state index in [-0.39, 0.29) is 23.4 Å². The molecule has 24 heavy (non-hydrogen) atoms. The van der Waals surface area contributed by atoms with Crippen LogP contribution in [0.4, 0.5) is 10.1 Å². The minimum Gasteiger partial charge on any atom is -0.482 e. The van der Waals surface area contributed by atoms with Crippen molar-refractivity contribution in [1.29, 1.82) is 0 Å². The normalized spacial score (nSPS) is 14.2. The molecule has 0 radical (unpaired) electrons. The highest BCUT2D eigenvalue weighted by Crippen LogP contribution is 2.31. The Balaban J connectivity index is 1.69. The van der Waals surface area contributed by atoms with Gasteiger partial charge in [0.15, 0.2) is 12.2 Å². The number of hydrogen-bond donors (Lipinski definition) is 1. The number of ether oxygens (including phenoxy) is 1. The maximum Gasteiger partial charge on any atom is 0.262 e. The topological polar surface area (TPSA) is 64.4 Å². The van der Waals surface area contributed by atoms with Crippen LogP contribution in [0.2, 0.25) is 0 Å². The molecule has 1 amide bonds. The lowest BCUT2D eigenvalue weighted by Gasteiger charge is -2.17. The van der Waals surface area contributed by atoms with E-state index in [0.29, 0.717) is 22.5 Å². The molecule has 1 aliphatic rings. The molecule has 0 aliphatic carbocycles. The van der Waals surface area contributed by atoms with Crippen molar-refractivity contribution in [3.63, 3.8) is 0 Å². The molecule has 1 N–H and O–H groups in total. The Kier molecular flexibility index (Phi) is 3.46. The number of rotatable bonds is 2. The van der Waals surface area contributed by atoms with Crippen LogP contribution in [0.5, 0.6) is 5.75 Å². The van der Waals surface area contributed by atoms with Crippen LogP contribution in [0.15, 0.2) is 40.8 Å². The summed E-state index contributed by atoms with van der Waals surface area (Å²) in [5, 5.41) is 2.98. The van der Waals surface area contributed by atoms with Gasteiger partial charge in [0.2, 0.25) is 5.89 Å². The Labute approximate surface area is 140 Å². The number of benzene rings is 2. The molecule has 7 heteroatoms. The third kappa shape index (κ3) is 2.72. The fourth-order valence-electron chi connectivity index (χ4n) is 2.40. The van der Waals surface area contributed by atoms with Crippen LogP contribution in [0.25, 0.3) is 22.2 Å². The molecule has 2 heterocycles. The number of halogens is 2. The van der Waals surface area contributed by atoms with E-state index in [0.717, 1.165) is 5.56 Å². The number of fused-ring (bicyclic) bond motifs is 2. The number of oxazole rings is 1. The van der Waals surface area contributed by atoms with E-state index in [2.05, 4.69) is 10.3 Å². The van der Waals surface area contributed by atoms with Gasteiger partial charge in [-0.1, -0.05) is 17.7 Å². The number of nitrogens with zero attached hydrogens (tertiary/aromatic N) is 1. The van der Waals surface area contributed by atoms with Gasteiger partial charge >= 0.3 is 0 Å². The predicted molar refractivity (Wildman–Crippen MR) is 88.3 cm³/mol. The van der Waals surface area contributed by atoms with Gasteiger partial charge in [0, 0.05) is 6.07 Å². The van der Waals surface area contributed by atoms with E-state index in [1.807, 2.05) is 0 Å². The van der Waals surface area contributed by atoms with Crippen LogP contribution in [0, 0.1) is 5.82 Å². The molecule has 0 spiro atoms. The van der Waals surface area contributed by atoms with E-state index in [4.69, 9.17) is 20.8 Å². The zero-order valence-electron chi connectivity index (χ0n) is 12.2. The molecule has 4 rings (SSSR count). The molecule has 1 aromatic heterocycles. The number of aromatic nitrogens is 1. The maximum atomic E-state index is 13.2. The summed E-state index contributed by atoms with van der Waals surface area (Å²) in [5.41, 5.74) is 2.15. The highest BCUT2D eigenvalue weighted by Gasteiger charge is 2.16. The summed E-state index contributed by atoms with van der Waals surface area (Å²) in [6.45, 7) is 0.00239. The highest BCUT2D eigenvalue weighted by atomic mass is 35.5. The van der Waals surface area contributed by atoms with E-state index < -0.39 is 5.82 Å². The Morgan fingerprint density at radius 1 is 1.29 bits per heavy atom. The number of hydrogen-bond acceptors (Lipinski definition) is 4. The van der Waals surface area contributed by atoms with Gasteiger partial charge in [-0.05, 0) is 35.9 Å². The Bertz CT molecular complexity index is 997. The summed E-state index contributed by atoms with van der Waals surface area (Å²) in [4.78, 5) is 15.5. The summed E-state index contributed by atoms with van der Waals surface area (Å²) in [6, 6.07) is 9.33. The van der Waals surface area contributed by atoms with Gasteiger partial charge in [-0.2, -0.15) is 0 Å². The molecule has 2 aromatic carbocycles. The molecule has 3 aromatic rings. The van der Waals surface area contributed by atoms with Crippen LogP contribution in [0.1, 0.15) is 11.5 Å². The Morgan fingerprint density at radius 2 is 2.17 bits per heavy atom. The molecular formula is C17H10ClFN2O3. The molecule has 0 saturated heterocycles. The quantitative estimate of drug-likeness (QED) is 0.762. The van der Waals surface area contributed by atoms with E-state index >= 15 is 0 Å². The van der Waals surface area contributed by atoms with Crippen LogP contribution in [-0.2, 0) is 4.79 Å². The summed E-state index contributed by atoms with van der Waals surface area (Å²) in [5.74, 6) is 0.180. The summed E-state index contributed by atoms with van der Waals surface area (Å²) in [6.07, 6.45) is 1.64. The average Bonchev–Trinajstić information content (AvgIpc) is 2.97. The molecule has 0 atom stereocenters. The fourth-order valence-corrected chi connectivity index (χ4v) is 2.61. The second kappa shape index (κ2) is 5.65. The zero-order chi connectivity index (χ0) is 16.7. The lowest BCUT2D eigenvalue weighted by Crippen LogP contribution is -2.25. The van der Waals surface area contributed by atoms with Gasteiger partial charge in [0.1, 0.15) is 22.1 Å². The number of nitrogens with one attached hydrogen (secondary N) is 1. The molecule has 5 nitrogen and oxygen atoms in total. The van der Waals surface area contributed by atoms with Crippen LogP contribution < -0.4 is 10.1 Å². The van der Waals surface area contributed by atoms with E-state index in [1.54, 1.807) is 24.3 Å². The smallest absolute Gasteiger partial charge is 0.262 e. The minimum absolute atomic E-state index is 0.00239. The number of carbonyl (C=O) groups is 1. The van der Waals surface area contributed by atoms with Crippen molar-refractivity contribution in [3.8, 4) is 5.75 Å². The zero-order valence-corrected chi connectivity index (χ0v) is 12.9. The SMILES string of the molecule is O=C1COc2ccc(/C=C(\Cl)c3nc4cc(F)ccc4o3)cc2N1. The van der Waals surface area contributed by atoms with Gasteiger partial charge in [-0.3, -0.25) is 4.79 Å². The van der Waals surface area contributed by atoms with E-state index in [9.17, 15) is 9.18 Å². The van der Waals surface area contributed by atoms with Crippen LogP contribution >= 0.6 is 11.6 Å².